The van der Waals surface area contributed by atoms with Crippen LogP contribution in [-0.2, 0) is 0 Å². The molecule has 1 fully saturated rings. The fraction of sp³-hybridized carbons (Fsp3) is 0.700. The van der Waals surface area contributed by atoms with E-state index in [1.54, 1.807) is 0 Å². The summed E-state index contributed by atoms with van der Waals surface area (Å²) >= 11 is 0. The molecule has 0 heterocycles. The second kappa shape index (κ2) is 6.72. The molecule has 1 saturated carbocycles. The summed E-state index contributed by atoms with van der Waals surface area (Å²) in [6.45, 7) is 12.6. The van der Waals surface area contributed by atoms with Crippen LogP contribution >= 0.6 is 0 Å². The molecule has 2 heteroatoms. The van der Waals surface area contributed by atoms with E-state index in [9.17, 15) is 10.2 Å². The van der Waals surface area contributed by atoms with Gasteiger partial charge in [0.2, 0.25) is 0 Å². The average Bonchev–Trinajstić information content (AvgIpc) is 2.68. The minimum absolute atomic E-state index is 0.0745. The van der Waals surface area contributed by atoms with E-state index in [0.29, 0.717) is 12.3 Å². The Kier molecular flexibility index (Phi) is 5.34. The van der Waals surface area contributed by atoms with Gasteiger partial charge in [0.1, 0.15) is 0 Å². The SMILES string of the molecule is C=C1CC/C=C(\C)C[C@H](O)/C(C(C)C)=C\[C@H]2[C@H]1CC[C@@]2(C)O. The van der Waals surface area contributed by atoms with Gasteiger partial charge in [-0.05, 0) is 63.4 Å². The summed E-state index contributed by atoms with van der Waals surface area (Å²) in [6.07, 6.45) is 8.44. The number of hydrogen-bond acceptors (Lipinski definition) is 2. The van der Waals surface area contributed by atoms with Crippen molar-refractivity contribution < 1.29 is 10.2 Å². The molecular formula is C20H32O2. The predicted octanol–water partition coefficient (Wildman–Crippen LogP) is 4.39. The molecular weight excluding hydrogens is 272 g/mol. The number of allylic oxidation sites excluding steroid dienone is 2. The zero-order chi connectivity index (χ0) is 16.5. The fourth-order valence-corrected chi connectivity index (χ4v) is 4.07. The molecule has 0 aliphatic heterocycles. The van der Waals surface area contributed by atoms with E-state index in [1.165, 1.54) is 11.1 Å². The lowest BCUT2D eigenvalue weighted by molar-refractivity contribution is 0.0319. The molecule has 2 aliphatic carbocycles. The van der Waals surface area contributed by atoms with Crippen molar-refractivity contribution in [2.45, 2.75) is 71.5 Å². The first-order valence-corrected chi connectivity index (χ1v) is 8.67. The second-order valence-corrected chi connectivity index (χ2v) is 7.82. The lowest BCUT2D eigenvalue weighted by atomic mass is 9.79. The first kappa shape index (κ1) is 17.5. The van der Waals surface area contributed by atoms with Crippen molar-refractivity contribution in [3.8, 4) is 0 Å². The third kappa shape index (κ3) is 3.72. The molecule has 0 bridgehead atoms. The maximum atomic E-state index is 10.8. The van der Waals surface area contributed by atoms with Gasteiger partial charge in [-0.3, -0.25) is 0 Å². The van der Waals surface area contributed by atoms with Crippen molar-refractivity contribution in [1.29, 1.82) is 0 Å². The molecule has 2 nitrogen and oxygen atoms in total. The zero-order valence-corrected chi connectivity index (χ0v) is 14.6. The number of aliphatic hydroxyl groups excluding tert-OH is 1. The highest BCUT2D eigenvalue weighted by molar-refractivity contribution is 5.24. The van der Waals surface area contributed by atoms with Crippen molar-refractivity contribution in [3.63, 3.8) is 0 Å². The molecule has 0 aromatic carbocycles. The van der Waals surface area contributed by atoms with Crippen LogP contribution < -0.4 is 0 Å². The fourth-order valence-electron chi connectivity index (χ4n) is 4.07. The van der Waals surface area contributed by atoms with E-state index in [-0.39, 0.29) is 11.8 Å². The maximum Gasteiger partial charge on any atom is 0.0789 e. The minimum atomic E-state index is -0.690. The number of hydrogen-bond donors (Lipinski definition) is 2. The van der Waals surface area contributed by atoms with E-state index in [1.807, 2.05) is 6.92 Å². The van der Waals surface area contributed by atoms with Gasteiger partial charge in [-0.2, -0.15) is 0 Å². The summed E-state index contributed by atoms with van der Waals surface area (Å²) in [5.41, 5.74) is 2.87. The van der Waals surface area contributed by atoms with Gasteiger partial charge in [0.05, 0.1) is 11.7 Å². The summed E-state index contributed by atoms with van der Waals surface area (Å²) in [5, 5.41) is 21.5. The Balaban J connectivity index is 2.44. The van der Waals surface area contributed by atoms with Crippen LogP contribution in [0.5, 0.6) is 0 Å². The summed E-state index contributed by atoms with van der Waals surface area (Å²) in [6, 6.07) is 0. The van der Waals surface area contributed by atoms with Gasteiger partial charge in [-0.25, -0.2) is 0 Å². The van der Waals surface area contributed by atoms with Crippen LogP contribution in [0.15, 0.2) is 35.5 Å². The monoisotopic (exact) mass is 304 g/mol. The first-order chi connectivity index (χ1) is 10.2. The van der Waals surface area contributed by atoms with Gasteiger partial charge in [-0.15, -0.1) is 0 Å². The van der Waals surface area contributed by atoms with Crippen molar-refractivity contribution >= 4 is 0 Å². The van der Waals surface area contributed by atoms with Crippen LogP contribution in [0.4, 0.5) is 0 Å². The van der Waals surface area contributed by atoms with Crippen molar-refractivity contribution in [2.24, 2.45) is 17.8 Å². The van der Waals surface area contributed by atoms with Gasteiger partial charge in [0.15, 0.2) is 0 Å². The van der Waals surface area contributed by atoms with E-state index >= 15 is 0 Å². The molecule has 0 aromatic rings. The van der Waals surface area contributed by atoms with Gasteiger partial charge < -0.3 is 10.2 Å². The van der Waals surface area contributed by atoms with Crippen molar-refractivity contribution in [2.75, 3.05) is 0 Å². The lowest BCUT2D eigenvalue weighted by Gasteiger charge is -2.30. The molecule has 0 unspecified atom stereocenters. The Morgan fingerprint density at radius 3 is 2.68 bits per heavy atom. The van der Waals surface area contributed by atoms with E-state index in [4.69, 9.17) is 0 Å². The molecule has 2 rings (SSSR count). The second-order valence-electron chi connectivity index (χ2n) is 7.82. The normalized spacial score (nSPS) is 42.1. The van der Waals surface area contributed by atoms with Crippen LogP contribution in [0, 0.1) is 17.8 Å². The maximum absolute atomic E-state index is 10.8. The molecule has 0 aromatic heterocycles. The van der Waals surface area contributed by atoms with Crippen LogP contribution in [0.1, 0.15) is 59.8 Å². The van der Waals surface area contributed by atoms with E-state index < -0.39 is 11.7 Å². The highest BCUT2D eigenvalue weighted by atomic mass is 16.3. The van der Waals surface area contributed by atoms with Crippen LogP contribution in [-0.4, -0.2) is 21.9 Å². The first-order valence-electron chi connectivity index (χ1n) is 8.67. The summed E-state index contributed by atoms with van der Waals surface area (Å²) in [7, 11) is 0. The van der Waals surface area contributed by atoms with Gasteiger partial charge >= 0.3 is 0 Å². The Morgan fingerprint density at radius 2 is 2.05 bits per heavy atom. The van der Waals surface area contributed by atoms with E-state index in [2.05, 4.69) is 39.5 Å². The predicted molar refractivity (Wildman–Crippen MR) is 92.5 cm³/mol. The van der Waals surface area contributed by atoms with E-state index in [0.717, 1.165) is 31.3 Å². The average molecular weight is 304 g/mol. The molecule has 4 atom stereocenters. The molecule has 2 aliphatic rings. The molecule has 0 spiro atoms. The van der Waals surface area contributed by atoms with Gasteiger partial charge in [0.25, 0.3) is 0 Å². The van der Waals surface area contributed by atoms with Gasteiger partial charge in [0, 0.05) is 5.92 Å². The molecule has 0 amide bonds. The number of rotatable bonds is 1. The summed E-state index contributed by atoms with van der Waals surface area (Å²) in [4.78, 5) is 0. The zero-order valence-electron chi connectivity index (χ0n) is 14.6. The topological polar surface area (TPSA) is 40.5 Å². The Labute approximate surface area is 135 Å². The molecule has 124 valence electrons. The smallest absolute Gasteiger partial charge is 0.0789 e. The third-order valence-corrected chi connectivity index (χ3v) is 5.53. The highest BCUT2D eigenvalue weighted by Crippen LogP contribution is 2.46. The Bertz CT molecular complexity index is 482. The molecule has 2 N–H and O–H groups in total. The summed E-state index contributed by atoms with van der Waals surface area (Å²) in [5.74, 6) is 0.696. The number of fused-ring (bicyclic) bond motifs is 1. The quantitative estimate of drug-likeness (QED) is 0.705. The molecule has 0 saturated heterocycles. The van der Waals surface area contributed by atoms with Gasteiger partial charge in [-0.1, -0.05) is 43.7 Å². The largest absolute Gasteiger partial charge is 0.390 e. The Morgan fingerprint density at radius 1 is 1.36 bits per heavy atom. The number of aliphatic hydroxyl groups is 2. The minimum Gasteiger partial charge on any atom is -0.390 e. The van der Waals surface area contributed by atoms with Crippen LogP contribution in [0.25, 0.3) is 0 Å². The van der Waals surface area contributed by atoms with Crippen LogP contribution in [0.3, 0.4) is 0 Å². The highest BCUT2D eigenvalue weighted by Gasteiger charge is 2.43. The van der Waals surface area contributed by atoms with Crippen molar-refractivity contribution in [1.82, 2.24) is 0 Å². The molecule has 0 radical (unpaired) electrons. The molecule has 22 heavy (non-hydrogen) atoms. The Hall–Kier alpha value is -0.860. The standard InChI is InChI=1S/C20H32O2/c1-13(2)17-12-18-16(9-10-20(18,5)22)15(4)8-6-7-14(3)11-19(17)21/h7,12-13,16,18-19,21-22H,4,6,8-11H2,1-3,5H3/b14-7+,17-12-/t16-,18-,19-,20+/m0/s1. The summed E-state index contributed by atoms with van der Waals surface area (Å²) < 4.78 is 0. The van der Waals surface area contributed by atoms with Crippen molar-refractivity contribution in [3.05, 3.63) is 35.5 Å². The third-order valence-electron chi connectivity index (χ3n) is 5.53. The van der Waals surface area contributed by atoms with Crippen LogP contribution in [0.2, 0.25) is 0 Å². The lowest BCUT2D eigenvalue weighted by Crippen LogP contribution is -2.32.